The molecule has 1 unspecified atom stereocenters. The number of piperidine rings is 1. The van der Waals surface area contributed by atoms with Crippen LogP contribution in [0.25, 0.3) is 0 Å². The maximum Gasteiger partial charge on any atom is 0.279 e. The summed E-state index contributed by atoms with van der Waals surface area (Å²) < 4.78 is 20.7. The molecule has 41 heavy (non-hydrogen) atoms. The van der Waals surface area contributed by atoms with Gasteiger partial charge >= 0.3 is 0 Å². The van der Waals surface area contributed by atoms with Crippen molar-refractivity contribution in [1.29, 1.82) is 0 Å². The van der Waals surface area contributed by atoms with E-state index in [0.29, 0.717) is 31.2 Å². The largest absolute Gasteiger partial charge is 0.505 e. The molecular weight excluding hydrogens is 551 g/mol. The SMILES string of the molecule is C=C(O)/C(O)=C1/C(=O)N(C2(O)CCC(=O)NC2=O)C/C1=C(/O)NCc1c(O)c(O)c(O)c(CN2CCOCC2)c1F. The lowest BCUT2D eigenvalue weighted by atomic mass is 10.00. The van der Waals surface area contributed by atoms with Gasteiger partial charge in [-0.25, -0.2) is 4.39 Å². The van der Waals surface area contributed by atoms with Crippen LogP contribution in [0.1, 0.15) is 24.0 Å². The molecule has 3 heterocycles. The van der Waals surface area contributed by atoms with Gasteiger partial charge in [0.15, 0.2) is 28.9 Å². The molecule has 3 aliphatic rings. The fourth-order valence-electron chi connectivity index (χ4n) is 4.76. The Bertz CT molecular complexity index is 1390. The molecule has 0 aromatic heterocycles. The molecule has 1 aromatic carbocycles. The molecule has 15 nitrogen and oxygen atoms in total. The maximum atomic E-state index is 15.5. The van der Waals surface area contributed by atoms with E-state index in [0.717, 1.165) is 0 Å². The van der Waals surface area contributed by atoms with Crippen LogP contribution in [-0.4, -0.2) is 102 Å². The van der Waals surface area contributed by atoms with E-state index < -0.39 is 100 Å². The minimum atomic E-state index is -2.56. The lowest BCUT2D eigenvalue weighted by Gasteiger charge is -2.37. The van der Waals surface area contributed by atoms with Gasteiger partial charge in [-0.2, -0.15) is 0 Å². The summed E-state index contributed by atoms with van der Waals surface area (Å²) in [5.41, 5.74) is -4.67. The number of carbonyl (C=O) groups excluding carboxylic acids is 3. The highest BCUT2D eigenvalue weighted by atomic mass is 19.1. The standard InChI is InChI=1S/C25H29FN4O11/c1-11(31)18(33)16-13(10-30(23(16)38)25(40)3-2-15(32)28-24(25)39)22(37)27-8-12-17(26)14(20(35)21(36)19(12)34)9-29-4-6-41-7-5-29/h27,31,33-37,40H,1-10H2,(H,28,32,39)/b18-16-,22-13-. The van der Waals surface area contributed by atoms with Crippen LogP contribution in [0.2, 0.25) is 0 Å². The Hall–Kier alpha value is -4.54. The number of ether oxygens (including phenoxy) is 1. The van der Waals surface area contributed by atoms with Crippen LogP contribution in [0.4, 0.5) is 4.39 Å². The highest BCUT2D eigenvalue weighted by Gasteiger charge is 2.53. The van der Waals surface area contributed by atoms with Gasteiger partial charge < -0.3 is 45.8 Å². The van der Waals surface area contributed by atoms with Crippen molar-refractivity contribution < 1.29 is 59.3 Å². The third-order valence-corrected chi connectivity index (χ3v) is 7.11. The molecule has 3 aliphatic heterocycles. The van der Waals surface area contributed by atoms with Gasteiger partial charge in [0.2, 0.25) is 17.4 Å². The highest BCUT2D eigenvalue weighted by molar-refractivity contribution is 6.08. The number of aliphatic hydroxyl groups is 4. The summed E-state index contributed by atoms with van der Waals surface area (Å²) in [6.45, 7) is 3.11. The zero-order chi connectivity index (χ0) is 30.2. The average Bonchev–Trinajstić information content (AvgIpc) is 3.29. The summed E-state index contributed by atoms with van der Waals surface area (Å²) in [5.74, 6) is -10.1. The van der Waals surface area contributed by atoms with Crippen LogP contribution < -0.4 is 10.6 Å². The van der Waals surface area contributed by atoms with Crippen LogP contribution in [0.15, 0.2) is 35.1 Å². The zero-order valence-corrected chi connectivity index (χ0v) is 21.6. The first-order valence-corrected chi connectivity index (χ1v) is 12.4. The molecule has 1 aromatic rings. The number of phenolic OH excluding ortho intramolecular Hbond substituents is 3. The quantitative estimate of drug-likeness (QED) is 0.0856. The number of likely N-dealkylation sites (tertiary alicyclic amines) is 1. The normalized spacial score (nSPS) is 24.3. The third kappa shape index (κ3) is 5.31. The molecule has 3 fully saturated rings. The van der Waals surface area contributed by atoms with Gasteiger partial charge in [-0.3, -0.25) is 29.5 Å². The number of carbonyl (C=O) groups is 3. The molecule has 4 rings (SSSR count). The number of imide groups is 1. The lowest BCUT2D eigenvalue weighted by Crippen LogP contribution is -2.63. The number of aliphatic hydroxyl groups excluding tert-OH is 3. The van der Waals surface area contributed by atoms with E-state index in [-0.39, 0.29) is 18.5 Å². The first kappa shape index (κ1) is 29.4. The minimum absolute atomic E-state index is 0.138. The zero-order valence-electron chi connectivity index (χ0n) is 21.6. The molecule has 0 bridgehead atoms. The molecule has 0 radical (unpaired) electrons. The number of phenols is 3. The van der Waals surface area contributed by atoms with Crippen molar-refractivity contribution in [2.75, 3.05) is 32.8 Å². The fourth-order valence-corrected chi connectivity index (χ4v) is 4.76. The second-order valence-corrected chi connectivity index (χ2v) is 9.64. The summed E-state index contributed by atoms with van der Waals surface area (Å²) in [7, 11) is 0. The number of nitrogens with zero attached hydrogens (tertiary/aromatic N) is 2. The highest BCUT2D eigenvalue weighted by Crippen LogP contribution is 2.43. The van der Waals surface area contributed by atoms with Gasteiger partial charge in [-0.15, -0.1) is 0 Å². The summed E-state index contributed by atoms with van der Waals surface area (Å²) in [4.78, 5) is 39.5. The van der Waals surface area contributed by atoms with Crippen molar-refractivity contribution in [3.05, 3.63) is 52.1 Å². The van der Waals surface area contributed by atoms with Gasteiger partial charge in [-0.05, 0) is 0 Å². The smallest absolute Gasteiger partial charge is 0.279 e. The second-order valence-electron chi connectivity index (χ2n) is 9.64. The van der Waals surface area contributed by atoms with E-state index in [2.05, 4.69) is 11.9 Å². The lowest BCUT2D eigenvalue weighted by molar-refractivity contribution is -0.177. The van der Waals surface area contributed by atoms with E-state index in [1.807, 2.05) is 5.32 Å². The van der Waals surface area contributed by atoms with Crippen molar-refractivity contribution >= 4 is 17.7 Å². The van der Waals surface area contributed by atoms with Crippen molar-refractivity contribution in [3.8, 4) is 17.2 Å². The Kier molecular flexibility index (Phi) is 8.01. The van der Waals surface area contributed by atoms with E-state index in [1.165, 1.54) is 0 Å². The number of aromatic hydroxyl groups is 3. The number of hydrogen-bond acceptors (Lipinski definition) is 13. The first-order valence-electron chi connectivity index (χ1n) is 12.4. The Labute approximate surface area is 231 Å². The monoisotopic (exact) mass is 580 g/mol. The number of amides is 3. The van der Waals surface area contributed by atoms with Crippen molar-refractivity contribution in [1.82, 2.24) is 20.4 Å². The topological polar surface area (TPSA) is 233 Å². The molecule has 9 N–H and O–H groups in total. The number of rotatable bonds is 7. The van der Waals surface area contributed by atoms with Gasteiger partial charge in [0.1, 0.15) is 5.82 Å². The maximum absolute atomic E-state index is 15.5. The van der Waals surface area contributed by atoms with E-state index in [1.54, 1.807) is 4.90 Å². The number of hydrogen-bond donors (Lipinski definition) is 9. The second kappa shape index (κ2) is 11.1. The number of benzene rings is 1. The average molecular weight is 581 g/mol. The van der Waals surface area contributed by atoms with Crippen LogP contribution in [0, 0.1) is 5.82 Å². The molecule has 16 heteroatoms. The number of morpholine rings is 1. The molecule has 3 saturated heterocycles. The Balaban J connectivity index is 1.68. The summed E-state index contributed by atoms with van der Waals surface area (Å²) in [6, 6.07) is 0. The van der Waals surface area contributed by atoms with Crippen LogP contribution in [-0.2, 0) is 32.2 Å². The summed E-state index contributed by atoms with van der Waals surface area (Å²) in [6.07, 6.45) is -0.834. The predicted molar refractivity (Wildman–Crippen MR) is 134 cm³/mol. The number of halogens is 1. The van der Waals surface area contributed by atoms with Gasteiger partial charge in [0, 0.05) is 50.2 Å². The predicted octanol–water partition coefficient (Wildman–Crippen LogP) is -0.515. The van der Waals surface area contributed by atoms with Crippen molar-refractivity contribution in [3.63, 3.8) is 0 Å². The van der Waals surface area contributed by atoms with Crippen molar-refractivity contribution in [2.45, 2.75) is 31.7 Å². The summed E-state index contributed by atoms with van der Waals surface area (Å²) in [5, 5.41) is 76.9. The molecule has 3 amide bonds. The minimum Gasteiger partial charge on any atom is -0.505 e. The third-order valence-electron chi connectivity index (χ3n) is 7.11. The van der Waals surface area contributed by atoms with Crippen molar-refractivity contribution in [2.24, 2.45) is 0 Å². The van der Waals surface area contributed by atoms with Crippen LogP contribution in [0.3, 0.4) is 0 Å². The Morgan fingerprint density at radius 2 is 1.68 bits per heavy atom. The Morgan fingerprint density at radius 3 is 2.29 bits per heavy atom. The summed E-state index contributed by atoms with van der Waals surface area (Å²) >= 11 is 0. The molecule has 0 aliphatic carbocycles. The molecule has 222 valence electrons. The van der Waals surface area contributed by atoms with Crippen LogP contribution in [0.5, 0.6) is 17.2 Å². The van der Waals surface area contributed by atoms with Gasteiger partial charge in [-0.1, -0.05) is 6.58 Å². The van der Waals surface area contributed by atoms with E-state index in [4.69, 9.17) is 4.74 Å². The molecule has 0 spiro atoms. The first-order chi connectivity index (χ1) is 19.3. The number of nitrogens with one attached hydrogen (secondary N) is 2. The van der Waals surface area contributed by atoms with Gasteiger partial charge in [0.25, 0.3) is 11.8 Å². The van der Waals surface area contributed by atoms with E-state index >= 15 is 4.39 Å². The molecule has 0 saturated carbocycles. The van der Waals surface area contributed by atoms with Gasteiger partial charge in [0.05, 0.1) is 30.9 Å². The van der Waals surface area contributed by atoms with Crippen LogP contribution >= 0.6 is 0 Å². The Morgan fingerprint density at radius 1 is 1.05 bits per heavy atom. The van der Waals surface area contributed by atoms with E-state index in [9.17, 15) is 50.1 Å². The molecular formula is C25H29FN4O11. The fraction of sp³-hybridized carbons (Fsp3) is 0.400. The molecule has 1 atom stereocenters.